The Morgan fingerprint density at radius 3 is 2.81 bits per heavy atom. The topological polar surface area (TPSA) is 69.7 Å². The number of nitrogens with one attached hydrogen (secondary N) is 1. The Morgan fingerprint density at radius 2 is 2.10 bits per heavy atom. The Morgan fingerprint density at radius 1 is 1.29 bits per heavy atom. The number of carbonyl (C=O) groups is 3. The molecule has 0 aromatic rings. The van der Waals surface area contributed by atoms with Crippen LogP contribution in [0.5, 0.6) is 0 Å². The molecule has 3 amide bonds. The molecule has 0 spiro atoms. The lowest BCUT2D eigenvalue weighted by Crippen LogP contribution is -2.56. The molecule has 0 radical (unpaired) electrons. The molecule has 6 heteroatoms. The van der Waals surface area contributed by atoms with E-state index < -0.39 is 0 Å². The van der Waals surface area contributed by atoms with Gasteiger partial charge < -0.3 is 15.1 Å². The van der Waals surface area contributed by atoms with Crippen LogP contribution in [-0.2, 0) is 14.4 Å². The third kappa shape index (κ3) is 2.76. The number of hydrogen-bond donors (Lipinski definition) is 1. The van der Waals surface area contributed by atoms with Crippen molar-refractivity contribution in [3.8, 4) is 0 Å². The van der Waals surface area contributed by atoms with Crippen LogP contribution in [0, 0.1) is 11.8 Å². The summed E-state index contributed by atoms with van der Waals surface area (Å²) in [6, 6.07) is 0.229. The number of likely N-dealkylation sites (tertiary alicyclic amines) is 2. The van der Waals surface area contributed by atoms with Crippen LogP contribution in [0.4, 0.5) is 0 Å². The standard InChI is InChI=1S/C15H23N3O3/c1-2-17-9-11(7-14(17)20)15(21)18-6-5-12-10(8-18)3-4-13(19)16-12/h10-12H,2-9H2,1H3,(H,16,19). The largest absolute Gasteiger partial charge is 0.353 e. The lowest BCUT2D eigenvalue weighted by Gasteiger charge is -2.42. The Balaban J connectivity index is 1.59. The van der Waals surface area contributed by atoms with Crippen molar-refractivity contribution in [2.24, 2.45) is 11.8 Å². The minimum atomic E-state index is -0.174. The summed E-state index contributed by atoms with van der Waals surface area (Å²) in [5, 5.41) is 3.03. The van der Waals surface area contributed by atoms with E-state index in [9.17, 15) is 14.4 Å². The molecular formula is C15H23N3O3. The first-order valence-electron chi connectivity index (χ1n) is 7.94. The molecule has 0 saturated carbocycles. The number of rotatable bonds is 2. The predicted molar refractivity (Wildman–Crippen MR) is 76.2 cm³/mol. The zero-order chi connectivity index (χ0) is 15.0. The molecule has 3 rings (SSSR count). The fourth-order valence-corrected chi connectivity index (χ4v) is 3.81. The lowest BCUT2D eigenvalue weighted by molar-refractivity contribution is -0.139. The first kappa shape index (κ1) is 14.4. The first-order chi connectivity index (χ1) is 10.1. The van der Waals surface area contributed by atoms with E-state index in [1.165, 1.54) is 0 Å². The van der Waals surface area contributed by atoms with E-state index in [-0.39, 0.29) is 29.7 Å². The van der Waals surface area contributed by atoms with Crippen LogP contribution in [0.1, 0.15) is 32.6 Å². The fraction of sp³-hybridized carbons (Fsp3) is 0.800. The van der Waals surface area contributed by atoms with Crippen molar-refractivity contribution in [3.63, 3.8) is 0 Å². The van der Waals surface area contributed by atoms with E-state index in [1.54, 1.807) is 4.90 Å². The van der Waals surface area contributed by atoms with Gasteiger partial charge in [0.2, 0.25) is 17.7 Å². The van der Waals surface area contributed by atoms with Gasteiger partial charge in [-0.05, 0) is 25.7 Å². The zero-order valence-electron chi connectivity index (χ0n) is 12.5. The van der Waals surface area contributed by atoms with Crippen LogP contribution < -0.4 is 5.32 Å². The van der Waals surface area contributed by atoms with Gasteiger partial charge in [0.1, 0.15) is 0 Å². The number of carbonyl (C=O) groups excluding carboxylic acids is 3. The first-order valence-corrected chi connectivity index (χ1v) is 7.94. The average Bonchev–Trinajstić information content (AvgIpc) is 2.87. The maximum absolute atomic E-state index is 12.6. The Bertz CT molecular complexity index is 465. The highest BCUT2D eigenvalue weighted by Crippen LogP contribution is 2.28. The van der Waals surface area contributed by atoms with E-state index >= 15 is 0 Å². The van der Waals surface area contributed by atoms with Crippen molar-refractivity contribution in [2.75, 3.05) is 26.2 Å². The summed E-state index contributed by atoms with van der Waals surface area (Å²) in [6.07, 6.45) is 2.62. The van der Waals surface area contributed by atoms with Gasteiger partial charge in [0.15, 0.2) is 0 Å². The molecule has 3 fully saturated rings. The summed E-state index contributed by atoms with van der Waals surface area (Å²) < 4.78 is 0. The van der Waals surface area contributed by atoms with Crippen LogP contribution in [0.15, 0.2) is 0 Å². The maximum Gasteiger partial charge on any atom is 0.228 e. The van der Waals surface area contributed by atoms with E-state index in [4.69, 9.17) is 0 Å². The van der Waals surface area contributed by atoms with Gasteiger partial charge >= 0.3 is 0 Å². The van der Waals surface area contributed by atoms with Crippen LogP contribution >= 0.6 is 0 Å². The molecule has 1 N–H and O–H groups in total. The van der Waals surface area contributed by atoms with Crippen molar-refractivity contribution in [2.45, 2.75) is 38.6 Å². The molecule has 3 aliphatic heterocycles. The van der Waals surface area contributed by atoms with Gasteiger partial charge in [0, 0.05) is 45.1 Å². The molecule has 3 heterocycles. The van der Waals surface area contributed by atoms with E-state index in [0.29, 0.717) is 38.4 Å². The highest BCUT2D eigenvalue weighted by molar-refractivity contribution is 5.89. The highest BCUT2D eigenvalue weighted by Gasteiger charge is 2.40. The van der Waals surface area contributed by atoms with Gasteiger partial charge in [-0.15, -0.1) is 0 Å². The number of hydrogen-bond acceptors (Lipinski definition) is 3. The summed E-state index contributed by atoms with van der Waals surface area (Å²) in [4.78, 5) is 39.5. The maximum atomic E-state index is 12.6. The number of fused-ring (bicyclic) bond motifs is 1. The second-order valence-electron chi connectivity index (χ2n) is 6.38. The van der Waals surface area contributed by atoms with Crippen molar-refractivity contribution in [1.82, 2.24) is 15.1 Å². The predicted octanol–water partition coefficient (Wildman–Crippen LogP) is -0.0181. The van der Waals surface area contributed by atoms with Crippen molar-refractivity contribution >= 4 is 17.7 Å². The molecule has 0 aliphatic carbocycles. The molecule has 3 aliphatic rings. The number of piperidine rings is 2. The highest BCUT2D eigenvalue weighted by atomic mass is 16.2. The zero-order valence-corrected chi connectivity index (χ0v) is 12.5. The normalized spacial score (nSPS) is 32.9. The number of nitrogens with zero attached hydrogens (tertiary/aromatic N) is 2. The second-order valence-corrected chi connectivity index (χ2v) is 6.38. The van der Waals surface area contributed by atoms with Gasteiger partial charge in [-0.1, -0.05) is 0 Å². The fourth-order valence-electron chi connectivity index (χ4n) is 3.81. The van der Waals surface area contributed by atoms with Gasteiger partial charge in [-0.2, -0.15) is 0 Å². The molecule has 0 bridgehead atoms. The molecule has 21 heavy (non-hydrogen) atoms. The third-order valence-electron chi connectivity index (χ3n) is 5.08. The summed E-state index contributed by atoms with van der Waals surface area (Å²) in [5.41, 5.74) is 0. The summed E-state index contributed by atoms with van der Waals surface area (Å²) >= 11 is 0. The SMILES string of the molecule is CCN1CC(C(=O)N2CCC3NC(=O)CCC3C2)CC1=O. The average molecular weight is 293 g/mol. The minimum absolute atomic E-state index is 0.0932. The Labute approximate surface area is 124 Å². The van der Waals surface area contributed by atoms with E-state index in [2.05, 4.69) is 5.32 Å². The third-order valence-corrected chi connectivity index (χ3v) is 5.08. The molecule has 3 atom stereocenters. The smallest absolute Gasteiger partial charge is 0.228 e. The van der Waals surface area contributed by atoms with Gasteiger partial charge in [-0.25, -0.2) is 0 Å². The molecular weight excluding hydrogens is 270 g/mol. The van der Waals surface area contributed by atoms with E-state index in [0.717, 1.165) is 19.4 Å². The monoisotopic (exact) mass is 293 g/mol. The number of amides is 3. The van der Waals surface area contributed by atoms with Crippen LogP contribution in [0.2, 0.25) is 0 Å². The van der Waals surface area contributed by atoms with Crippen molar-refractivity contribution < 1.29 is 14.4 Å². The summed E-state index contributed by atoms with van der Waals surface area (Å²) in [7, 11) is 0. The molecule has 3 saturated heterocycles. The molecule has 6 nitrogen and oxygen atoms in total. The second kappa shape index (κ2) is 5.66. The van der Waals surface area contributed by atoms with Gasteiger partial charge in [0.05, 0.1) is 5.92 Å². The summed E-state index contributed by atoms with van der Waals surface area (Å²) in [5.74, 6) is 0.549. The molecule has 0 aromatic carbocycles. The van der Waals surface area contributed by atoms with Crippen molar-refractivity contribution in [1.29, 1.82) is 0 Å². The Kier molecular flexibility index (Phi) is 3.87. The van der Waals surface area contributed by atoms with Crippen LogP contribution in [0.25, 0.3) is 0 Å². The minimum Gasteiger partial charge on any atom is -0.353 e. The van der Waals surface area contributed by atoms with Crippen molar-refractivity contribution in [3.05, 3.63) is 0 Å². The molecule has 3 unspecified atom stereocenters. The summed E-state index contributed by atoms with van der Waals surface area (Å²) in [6.45, 7) is 4.60. The van der Waals surface area contributed by atoms with Gasteiger partial charge in [-0.3, -0.25) is 14.4 Å². The molecule has 0 aromatic heterocycles. The quantitative estimate of drug-likeness (QED) is 0.778. The lowest BCUT2D eigenvalue weighted by atomic mass is 9.84. The van der Waals surface area contributed by atoms with Crippen LogP contribution in [0.3, 0.4) is 0 Å². The van der Waals surface area contributed by atoms with Gasteiger partial charge in [0.25, 0.3) is 0 Å². The molecule has 116 valence electrons. The Hall–Kier alpha value is -1.59. The van der Waals surface area contributed by atoms with Crippen LogP contribution in [-0.4, -0.2) is 59.7 Å². The van der Waals surface area contributed by atoms with E-state index in [1.807, 2.05) is 11.8 Å².